The number of thiophene rings is 1. The number of aromatic nitrogens is 2. The third kappa shape index (κ3) is 5.26. The van der Waals surface area contributed by atoms with E-state index in [2.05, 4.69) is 21.3 Å². The number of nitrogens with two attached hydrogens (primary N) is 2. The summed E-state index contributed by atoms with van der Waals surface area (Å²) < 4.78 is 25.2. The molecule has 1 aliphatic carbocycles. The highest BCUT2D eigenvalue weighted by Gasteiger charge is 2.33. The van der Waals surface area contributed by atoms with E-state index in [4.69, 9.17) is 25.9 Å². The Morgan fingerprint density at radius 3 is 2.95 bits per heavy atom. The Morgan fingerprint density at radius 2 is 2.16 bits per heavy atom. The molecule has 1 aliphatic heterocycles. The molecule has 37 heavy (non-hydrogen) atoms. The van der Waals surface area contributed by atoms with Crippen molar-refractivity contribution < 1.29 is 18.7 Å². The first-order valence-electron chi connectivity index (χ1n) is 12.5. The number of methoxy groups -OCH3 is 1. The maximum atomic E-state index is 14.0. The minimum absolute atomic E-state index is 0.0194. The minimum atomic E-state index is -0.431. The smallest absolute Gasteiger partial charge is 0.263 e. The number of hydrogen-bond donors (Lipinski definition) is 3. The average Bonchev–Trinajstić information content (AvgIpc) is 3.38. The molecule has 0 radical (unpaired) electrons. The van der Waals surface area contributed by atoms with E-state index < -0.39 is 5.82 Å². The van der Waals surface area contributed by atoms with E-state index in [-0.39, 0.29) is 41.6 Å². The fourth-order valence-corrected chi connectivity index (χ4v) is 6.15. The molecule has 9 nitrogen and oxygen atoms in total. The van der Waals surface area contributed by atoms with Crippen LogP contribution in [0.4, 0.5) is 15.9 Å². The molecule has 1 amide bonds. The summed E-state index contributed by atoms with van der Waals surface area (Å²) in [5.74, 6) is 0.214. The molecule has 3 aromatic heterocycles. The van der Waals surface area contributed by atoms with Gasteiger partial charge in [0.05, 0.1) is 36.2 Å². The first-order valence-corrected chi connectivity index (χ1v) is 13.3. The molecule has 1 fully saturated rings. The van der Waals surface area contributed by atoms with Gasteiger partial charge in [-0.15, -0.1) is 11.3 Å². The number of nitrogens with zero attached hydrogens (tertiary/aromatic N) is 3. The number of ether oxygens (including phenoxy) is 2. The molecule has 2 aliphatic rings. The van der Waals surface area contributed by atoms with E-state index in [0.29, 0.717) is 41.2 Å². The Bertz CT molecular complexity index is 1320. The van der Waals surface area contributed by atoms with Crippen molar-refractivity contribution in [3.8, 4) is 0 Å². The number of carbonyl (C=O) groups excluding carboxylic acids is 1. The van der Waals surface area contributed by atoms with Gasteiger partial charge >= 0.3 is 0 Å². The molecule has 4 heterocycles. The van der Waals surface area contributed by atoms with E-state index in [9.17, 15) is 9.18 Å². The Labute approximate surface area is 219 Å². The third-order valence-electron chi connectivity index (χ3n) is 7.08. The molecule has 4 atom stereocenters. The van der Waals surface area contributed by atoms with Crippen LogP contribution >= 0.6 is 11.3 Å². The van der Waals surface area contributed by atoms with Gasteiger partial charge in [0.1, 0.15) is 21.3 Å². The van der Waals surface area contributed by atoms with E-state index in [0.717, 1.165) is 29.9 Å². The number of halogens is 1. The summed E-state index contributed by atoms with van der Waals surface area (Å²) in [5, 5.41) is 3.58. The van der Waals surface area contributed by atoms with Crippen molar-refractivity contribution in [3.63, 3.8) is 0 Å². The van der Waals surface area contributed by atoms with Crippen LogP contribution in [0.5, 0.6) is 0 Å². The van der Waals surface area contributed by atoms with Gasteiger partial charge in [-0.1, -0.05) is 6.07 Å². The monoisotopic (exact) mass is 528 g/mol. The largest absolute Gasteiger partial charge is 0.397 e. The van der Waals surface area contributed by atoms with Crippen LogP contribution in [0.1, 0.15) is 40.0 Å². The Morgan fingerprint density at radius 1 is 1.35 bits per heavy atom. The van der Waals surface area contributed by atoms with Crippen LogP contribution in [0.3, 0.4) is 0 Å². The van der Waals surface area contributed by atoms with Gasteiger partial charge in [0, 0.05) is 37.3 Å². The van der Waals surface area contributed by atoms with Crippen molar-refractivity contribution in [3.05, 3.63) is 45.8 Å². The molecular weight excluding hydrogens is 495 g/mol. The fraction of sp³-hybridized carbons (Fsp3) is 0.500. The quantitative estimate of drug-likeness (QED) is 0.427. The molecule has 198 valence electrons. The molecule has 0 aromatic carbocycles. The first kappa shape index (κ1) is 25.8. The molecule has 5 N–H and O–H groups in total. The van der Waals surface area contributed by atoms with Crippen LogP contribution < -0.4 is 21.7 Å². The lowest BCUT2D eigenvalue weighted by molar-refractivity contribution is -0.0348. The zero-order valence-corrected chi connectivity index (χ0v) is 22.1. The molecule has 0 spiro atoms. The van der Waals surface area contributed by atoms with Crippen LogP contribution in [0.2, 0.25) is 0 Å². The highest BCUT2D eigenvalue weighted by molar-refractivity contribution is 7.21. The second-order valence-corrected chi connectivity index (χ2v) is 11.0. The number of fused-ring (bicyclic) bond motifs is 2. The van der Waals surface area contributed by atoms with E-state index in [1.807, 2.05) is 13.0 Å². The number of rotatable bonds is 7. The van der Waals surface area contributed by atoms with E-state index >= 15 is 0 Å². The van der Waals surface area contributed by atoms with Crippen molar-refractivity contribution in [1.82, 2.24) is 15.3 Å². The van der Waals surface area contributed by atoms with Crippen molar-refractivity contribution in [2.24, 2.45) is 5.73 Å². The molecule has 0 saturated carbocycles. The fourth-order valence-electron chi connectivity index (χ4n) is 5.12. The molecule has 4 unspecified atom stereocenters. The molecule has 3 aromatic rings. The summed E-state index contributed by atoms with van der Waals surface area (Å²) >= 11 is 1.19. The van der Waals surface area contributed by atoms with Gasteiger partial charge in [0.15, 0.2) is 0 Å². The Balaban J connectivity index is 1.23. The summed E-state index contributed by atoms with van der Waals surface area (Å²) in [6, 6.07) is 5.33. The number of nitrogen functional groups attached to an aromatic ring is 1. The number of nitrogens with one attached hydrogen (secondary N) is 1. The number of amides is 1. The second-order valence-electron chi connectivity index (χ2n) is 9.95. The topological polar surface area (TPSA) is 129 Å². The van der Waals surface area contributed by atoms with Crippen LogP contribution in [0.15, 0.2) is 18.2 Å². The predicted octanol–water partition coefficient (Wildman–Crippen LogP) is 2.58. The lowest BCUT2D eigenvalue weighted by atomic mass is 9.91. The molecular formula is C26H33FN6O3S. The predicted molar refractivity (Wildman–Crippen MR) is 143 cm³/mol. The van der Waals surface area contributed by atoms with Crippen LogP contribution in [0, 0.1) is 12.7 Å². The van der Waals surface area contributed by atoms with Gasteiger partial charge in [-0.25, -0.2) is 14.4 Å². The van der Waals surface area contributed by atoms with Gasteiger partial charge in [0.25, 0.3) is 5.91 Å². The second kappa shape index (κ2) is 10.5. The summed E-state index contributed by atoms with van der Waals surface area (Å²) in [4.78, 5) is 25.3. The molecule has 0 bridgehead atoms. The Hall–Kier alpha value is -2.86. The minimum Gasteiger partial charge on any atom is -0.397 e. The van der Waals surface area contributed by atoms with Crippen molar-refractivity contribution in [2.45, 2.75) is 57.4 Å². The zero-order valence-electron chi connectivity index (χ0n) is 21.3. The normalized spacial score (nSPS) is 22.3. The van der Waals surface area contributed by atoms with Crippen LogP contribution in [-0.4, -0.2) is 67.0 Å². The summed E-state index contributed by atoms with van der Waals surface area (Å²) in [6.07, 6.45) is 2.12. The highest BCUT2D eigenvalue weighted by atomic mass is 32.1. The number of hydrogen-bond acceptors (Lipinski definition) is 9. The molecule has 5 rings (SSSR count). The van der Waals surface area contributed by atoms with Crippen molar-refractivity contribution in [2.75, 3.05) is 37.4 Å². The number of aryl methyl sites for hydroxylation is 2. The summed E-state index contributed by atoms with van der Waals surface area (Å²) in [7, 11) is 1.66. The van der Waals surface area contributed by atoms with E-state index in [1.54, 1.807) is 14.0 Å². The van der Waals surface area contributed by atoms with Gasteiger partial charge < -0.3 is 31.2 Å². The average molecular weight is 529 g/mol. The third-order valence-corrected chi connectivity index (χ3v) is 8.20. The highest BCUT2D eigenvalue weighted by Crippen LogP contribution is 2.34. The van der Waals surface area contributed by atoms with Gasteiger partial charge in [-0.05, 0) is 50.8 Å². The summed E-state index contributed by atoms with van der Waals surface area (Å²) in [5.41, 5.74) is 15.3. The van der Waals surface area contributed by atoms with E-state index in [1.165, 1.54) is 17.4 Å². The van der Waals surface area contributed by atoms with Crippen molar-refractivity contribution in [1.29, 1.82) is 0 Å². The van der Waals surface area contributed by atoms with Gasteiger partial charge in [-0.3, -0.25) is 4.79 Å². The maximum absolute atomic E-state index is 14.0. The zero-order chi connectivity index (χ0) is 26.3. The summed E-state index contributed by atoms with van der Waals surface area (Å²) in [6.45, 7) is 5.48. The van der Waals surface area contributed by atoms with Gasteiger partial charge in [0.2, 0.25) is 0 Å². The lowest BCUT2D eigenvalue weighted by Crippen LogP contribution is -2.39. The Kier molecular flexibility index (Phi) is 7.30. The maximum Gasteiger partial charge on any atom is 0.263 e. The van der Waals surface area contributed by atoms with Crippen molar-refractivity contribution >= 4 is 39.0 Å². The number of carbonyl (C=O) groups is 1. The van der Waals surface area contributed by atoms with Gasteiger partial charge in [-0.2, -0.15) is 0 Å². The first-order chi connectivity index (χ1) is 17.7. The number of anilines is 2. The van der Waals surface area contributed by atoms with Crippen LogP contribution in [0.25, 0.3) is 10.2 Å². The van der Waals surface area contributed by atoms with Crippen LogP contribution in [-0.2, 0) is 22.3 Å². The molecule has 11 heteroatoms. The lowest BCUT2D eigenvalue weighted by Gasteiger charge is -2.26. The number of pyridine rings is 2. The SMILES string of the molecule is COCC(C)OC1CN(c2ccc3c(n2)CCC(NC(=O)c2sc4nc(C)c(F)cc4c2N)C3)CC1N. The molecule has 1 saturated heterocycles. The standard InChI is InChI=1S/C26H33FN6O3S/c1-13(12-35-3)36-21-11-33(10-19(21)28)22-7-4-15-8-16(5-6-20(15)32-22)31-25(34)24-23(29)17-9-18(27)14(2)30-26(17)37-24/h4,7,9,13,16,19,21H,5-6,8,10-12,28-29H2,1-3H3,(H,31,34).